The summed E-state index contributed by atoms with van der Waals surface area (Å²) in [6.45, 7) is 7.32. The van der Waals surface area contributed by atoms with Crippen LogP contribution in [0.4, 0.5) is 0 Å². The van der Waals surface area contributed by atoms with Gasteiger partial charge in [-0.2, -0.15) is 0 Å². The van der Waals surface area contributed by atoms with Crippen molar-refractivity contribution in [3.8, 4) is 17.2 Å². The van der Waals surface area contributed by atoms with Crippen molar-refractivity contribution in [2.75, 3.05) is 20.2 Å². The van der Waals surface area contributed by atoms with Crippen LogP contribution in [0.1, 0.15) is 26.7 Å². The molecule has 0 aliphatic carbocycles. The van der Waals surface area contributed by atoms with Crippen molar-refractivity contribution >= 4 is 5.91 Å². The summed E-state index contributed by atoms with van der Waals surface area (Å²) in [7, 11) is 1.62. The third-order valence-electron chi connectivity index (χ3n) is 3.43. The van der Waals surface area contributed by atoms with E-state index in [0.29, 0.717) is 31.4 Å². The van der Waals surface area contributed by atoms with Crippen molar-refractivity contribution in [3.05, 3.63) is 30.2 Å². The lowest BCUT2D eigenvalue weighted by atomic mass is 10.2. The van der Waals surface area contributed by atoms with Gasteiger partial charge >= 0.3 is 0 Å². The number of carbonyl (C=O) groups is 1. The van der Waals surface area contributed by atoms with Crippen LogP contribution in [0.2, 0.25) is 0 Å². The molecule has 1 N–H and O–H groups in total. The van der Waals surface area contributed by atoms with Gasteiger partial charge in [0.05, 0.1) is 20.2 Å². The zero-order chi connectivity index (χ0) is 17.5. The number of carbonyl (C=O) groups excluding carboxylic acids is 1. The van der Waals surface area contributed by atoms with E-state index >= 15 is 0 Å². The topological polar surface area (TPSA) is 80.5 Å². The number of benzene rings is 1. The van der Waals surface area contributed by atoms with Crippen LogP contribution in [-0.4, -0.2) is 47.2 Å². The number of ether oxygens (including phenoxy) is 1. The van der Waals surface area contributed by atoms with Crippen LogP contribution in [0.25, 0.3) is 11.5 Å². The van der Waals surface area contributed by atoms with Gasteiger partial charge in [-0.1, -0.05) is 6.92 Å². The number of likely N-dealkylation sites (N-methyl/N-ethyl adjacent to an activating group) is 1. The molecule has 7 heteroatoms. The maximum atomic E-state index is 11.9. The second-order valence-corrected chi connectivity index (χ2v) is 5.75. The molecule has 0 fully saturated rings. The zero-order valence-electron chi connectivity index (χ0n) is 14.6. The van der Waals surface area contributed by atoms with Gasteiger partial charge < -0.3 is 14.5 Å². The molecule has 2 rings (SSSR count). The minimum Gasteiger partial charge on any atom is -0.497 e. The molecule has 24 heavy (non-hydrogen) atoms. The lowest BCUT2D eigenvalue weighted by Gasteiger charge is -2.18. The van der Waals surface area contributed by atoms with Crippen molar-refractivity contribution in [3.63, 3.8) is 0 Å². The van der Waals surface area contributed by atoms with Crippen LogP contribution in [0.5, 0.6) is 5.75 Å². The Morgan fingerprint density at radius 2 is 2.00 bits per heavy atom. The molecule has 0 bridgehead atoms. The SMILES string of the molecule is CCN(CC(=O)NC(C)C)Cc1nnc(-c2ccc(OC)cc2)o1. The first-order chi connectivity index (χ1) is 11.5. The molecule has 0 spiro atoms. The Balaban J connectivity index is 1.99. The summed E-state index contributed by atoms with van der Waals surface area (Å²) in [5, 5.41) is 11.0. The average Bonchev–Trinajstić information content (AvgIpc) is 3.02. The molecule has 7 nitrogen and oxygen atoms in total. The highest BCUT2D eigenvalue weighted by atomic mass is 16.5. The molecule has 0 atom stereocenters. The van der Waals surface area contributed by atoms with Crippen LogP contribution < -0.4 is 10.1 Å². The summed E-state index contributed by atoms with van der Waals surface area (Å²) < 4.78 is 10.8. The van der Waals surface area contributed by atoms with E-state index in [-0.39, 0.29) is 11.9 Å². The molecule has 0 aliphatic rings. The van der Waals surface area contributed by atoms with Gasteiger partial charge in [0.15, 0.2) is 0 Å². The van der Waals surface area contributed by atoms with Gasteiger partial charge in [0.1, 0.15) is 5.75 Å². The quantitative estimate of drug-likeness (QED) is 0.797. The maximum Gasteiger partial charge on any atom is 0.247 e. The van der Waals surface area contributed by atoms with Crippen molar-refractivity contribution in [1.82, 2.24) is 20.4 Å². The smallest absolute Gasteiger partial charge is 0.247 e. The Kier molecular flexibility index (Phi) is 6.31. The molecule has 0 saturated carbocycles. The highest BCUT2D eigenvalue weighted by Gasteiger charge is 2.15. The number of methoxy groups -OCH3 is 1. The van der Waals surface area contributed by atoms with E-state index in [1.807, 2.05) is 49.9 Å². The lowest BCUT2D eigenvalue weighted by Crippen LogP contribution is -2.39. The fraction of sp³-hybridized carbons (Fsp3) is 0.471. The van der Waals surface area contributed by atoms with Crippen molar-refractivity contribution < 1.29 is 13.9 Å². The monoisotopic (exact) mass is 332 g/mol. The van der Waals surface area contributed by atoms with Gasteiger partial charge in [-0.3, -0.25) is 9.69 Å². The molecule has 1 amide bonds. The Morgan fingerprint density at radius 1 is 1.29 bits per heavy atom. The van der Waals surface area contributed by atoms with Crippen LogP contribution in [0.15, 0.2) is 28.7 Å². The fourth-order valence-electron chi connectivity index (χ4n) is 2.21. The van der Waals surface area contributed by atoms with Crippen LogP contribution in [-0.2, 0) is 11.3 Å². The summed E-state index contributed by atoms with van der Waals surface area (Å²) in [4.78, 5) is 13.8. The molecular weight excluding hydrogens is 308 g/mol. The minimum absolute atomic E-state index is 0.0123. The molecule has 1 aromatic heterocycles. The summed E-state index contributed by atoms with van der Waals surface area (Å²) in [5.41, 5.74) is 0.829. The molecule has 0 unspecified atom stereocenters. The number of hydrogen-bond acceptors (Lipinski definition) is 6. The Labute approximate surface area is 142 Å². The predicted octanol–water partition coefficient (Wildman–Crippen LogP) is 2.09. The number of hydrogen-bond donors (Lipinski definition) is 1. The molecule has 2 aromatic rings. The van der Waals surface area contributed by atoms with Crippen LogP contribution in [0.3, 0.4) is 0 Å². The van der Waals surface area contributed by atoms with Gasteiger partial charge in [0, 0.05) is 11.6 Å². The highest BCUT2D eigenvalue weighted by Crippen LogP contribution is 2.21. The lowest BCUT2D eigenvalue weighted by molar-refractivity contribution is -0.122. The number of amides is 1. The van der Waals surface area contributed by atoms with Crippen molar-refractivity contribution in [2.45, 2.75) is 33.4 Å². The molecule has 0 aliphatic heterocycles. The summed E-state index contributed by atoms with van der Waals surface area (Å²) in [6.07, 6.45) is 0. The van der Waals surface area contributed by atoms with Gasteiger partial charge in [-0.25, -0.2) is 0 Å². The third kappa shape index (κ3) is 5.06. The van der Waals surface area contributed by atoms with Crippen LogP contribution in [0, 0.1) is 0 Å². The maximum absolute atomic E-state index is 11.9. The normalized spacial score (nSPS) is 11.1. The van der Waals surface area contributed by atoms with E-state index < -0.39 is 0 Å². The largest absolute Gasteiger partial charge is 0.497 e. The summed E-state index contributed by atoms with van der Waals surface area (Å²) in [6, 6.07) is 7.54. The average molecular weight is 332 g/mol. The molecule has 1 heterocycles. The van der Waals surface area contributed by atoms with Crippen molar-refractivity contribution in [1.29, 1.82) is 0 Å². The first-order valence-corrected chi connectivity index (χ1v) is 8.00. The van der Waals surface area contributed by atoms with Crippen LogP contribution >= 0.6 is 0 Å². The minimum atomic E-state index is -0.0123. The van der Waals surface area contributed by atoms with E-state index in [0.717, 1.165) is 11.3 Å². The van der Waals surface area contributed by atoms with E-state index in [4.69, 9.17) is 9.15 Å². The van der Waals surface area contributed by atoms with E-state index in [2.05, 4.69) is 15.5 Å². The highest BCUT2D eigenvalue weighted by molar-refractivity contribution is 5.78. The molecule has 0 saturated heterocycles. The van der Waals surface area contributed by atoms with Gasteiger partial charge in [-0.15, -0.1) is 10.2 Å². The third-order valence-corrected chi connectivity index (χ3v) is 3.43. The molecule has 0 radical (unpaired) electrons. The Morgan fingerprint density at radius 3 is 2.58 bits per heavy atom. The zero-order valence-corrected chi connectivity index (χ0v) is 14.6. The van der Waals surface area contributed by atoms with E-state index in [9.17, 15) is 4.79 Å². The molecular formula is C17H24N4O3. The first kappa shape index (κ1) is 17.9. The van der Waals surface area contributed by atoms with E-state index in [1.165, 1.54) is 0 Å². The first-order valence-electron chi connectivity index (χ1n) is 8.00. The van der Waals surface area contributed by atoms with E-state index in [1.54, 1.807) is 7.11 Å². The molecule has 1 aromatic carbocycles. The fourth-order valence-corrected chi connectivity index (χ4v) is 2.21. The van der Waals surface area contributed by atoms with Crippen molar-refractivity contribution in [2.24, 2.45) is 0 Å². The standard InChI is InChI=1S/C17H24N4O3/c1-5-21(10-15(22)18-12(2)3)11-16-19-20-17(24-16)13-6-8-14(23-4)9-7-13/h6-9,12H,5,10-11H2,1-4H3,(H,18,22). The van der Waals surface area contributed by atoms with Gasteiger partial charge in [0.2, 0.25) is 17.7 Å². The summed E-state index contributed by atoms with van der Waals surface area (Å²) in [5.74, 6) is 1.70. The van der Waals surface area contributed by atoms with Gasteiger partial charge in [0.25, 0.3) is 0 Å². The summed E-state index contributed by atoms with van der Waals surface area (Å²) >= 11 is 0. The Hall–Kier alpha value is -2.41. The number of nitrogens with one attached hydrogen (secondary N) is 1. The molecule has 130 valence electrons. The second kappa shape index (κ2) is 8.44. The Bertz CT molecular complexity index is 652. The number of nitrogens with zero attached hydrogens (tertiary/aromatic N) is 3. The number of rotatable bonds is 8. The second-order valence-electron chi connectivity index (χ2n) is 5.75. The predicted molar refractivity (Wildman–Crippen MR) is 90.5 cm³/mol. The number of aromatic nitrogens is 2. The van der Waals surface area contributed by atoms with Gasteiger partial charge in [-0.05, 0) is 44.7 Å².